The largest absolute Gasteiger partial charge is 0.504 e. The maximum absolute atomic E-state index is 13.6. The second-order valence-electron chi connectivity index (χ2n) is 2.99. The van der Waals surface area contributed by atoms with Crippen molar-refractivity contribution in [2.24, 2.45) is 0 Å². The first-order chi connectivity index (χ1) is 7.50. The Bertz CT molecular complexity index is 530. The molecule has 0 saturated carbocycles. The number of benzene rings is 1. The maximum Gasteiger partial charge on any atom is 0.222 e. The van der Waals surface area contributed by atoms with Crippen molar-refractivity contribution in [3.05, 3.63) is 28.2 Å². The van der Waals surface area contributed by atoms with E-state index in [2.05, 4.69) is 25.6 Å². The zero-order valence-electron chi connectivity index (χ0n) is 7.67. The van der Waals surface area contributed by atoms with Gasteiger partial charge in [0.05, 0.1) is 10.0 Å². The summed E-state index contributed by atoms with van der Waals surface area (Å²) in [5, 5.41) is 12.8. The lowest BCUT2D eigenvalue weighted by Gasteiger charge is -2.05. The third kappa shape index (κ3) is 1.63. The van der Waals surface area contributed by atoms with Gasteiger partial charge >= 0.3 is 0 Å². The van der Waals surface area contributed by atoms with Crippen LogP contribution in [0.25, 0.3) is 11.3 Å². The predicted octanol–water partition coefficient (Wildman–Crippen LogP) is 2.67. The van der Waals surface area contributed by atoms with Crippen LogP contribution in [0.15, 0.2) is 21.1 Å². The van der Waals surface area contributed by atoms with Gasteiger partial charge in [-0.25, -0.2) is 8.78 Å². The van der Waals surface area contributed by atoms with Crippen LogP contribution in [0.2, 0.25) is 0 Å². The number of hydrogen-bond acceptors (Lipinski definition) is 4. The monoisotopic (exact) mass is 290 g/mol. The van der Waals surface area contributed by atoms with Crippen molar-refractivity contribution >= 4 is 21.8 Å². The van der Waals surface area contributed by atoms with Gasteiger partial charge in [0.15, 0.2) is 17.4 Å². The van der Waals surface area contributed by atoms with Gasteiger partial charge in [-0.15, -0.1) is 0 Å². The summed E-state index contributed by atoms with van der Waals surface area (Å²) in [4.78, 5) is 0. The highest BCUT2D eigenvalue weighted by Crippen LogP contribution is 2.37. The van der Waals surface area contributed by atoms with Crippen molar-refractivity contribution < 1.29 is 18.4 Å². The van der Waals surface area contributed by atoms with Crippen LogP contribution in [0.1, 0.15) is 0 Å². The first-order valence-corrected chi connectivity index (χ1v) is 4.89. The summed E-state index contributed by atoms with van der Waals surface area (Å²) in [7, 11) is 0. The summed E-state index contributed by atoms with van der Waals surface area (Å²) in [5.74, 6) is -2.71. The van der Waals surface area contributed by atoms with Crippen LogP contribution in [0.3, 0.4) is 0 Å². The van der Waals surface area contributed by atoms with Gasteiger partial charge in [0.1, 0.15) is 5.69 Å². The van der Waals surface area contributed by atoms with Crippen molar-refractivity contribution in [3.8, 4) is 17.0 Å². The van der Waals surface area contributed by atoms with Crippen LogP contribution >= 0.6 is 15.9 Å². The normalized spacial score (nSPS) is 10.7. The van der Waals surface area contributed by atoms with Gasteiger partial charge in [0, 0.05) is 6.07 Å². The zero-order valence-corrected chi connectivity index (χ0v) is 9.25. The second kappa shape index (κ2) is 3.75. The summed E-state index contributed by atoms with van der Waals surface area (Å²) < 4.78 is 31.2. The number of rotatable bonds is 1. The number of anilines is 1. The van der Waals surface area contributed by atoms with Gasteiger partial charge in [-0.3, -0.25) is 0 Å². The van der Waals surface area contributed by atoms with Gasteiger partial charge < -0.3 is 15.4 Å². The molecule has 0 bridgehead atoms. The summed E-state index contributed by atoms with van der Waals surface area (Å²) in [6, 6.07) is 2.00. The van der Waals surface area contributed by atoms with E-state index in [-0.39, 0.29) is 16.1 Å². The van der Waals surface area contributed by atoms with E-state index in [0.717, 1.165) is 6.07 Å². The van der Waals surface area contributed by atoms with Crippen molar-refractivity contribution in [1.82, 2.24) is 5.16 Å². The molecule has 0 fully saturated rings. The lowest BCUT2D eigenvalue weighted by molar-refractivity contribution is 0.422. The van der Waals surface area contributed by atoms with Crippen LogP contribution in [-0.2, 0) is 0 Å². The lowest BCUT2D eigenvalue weighted by Crippen LogP contribution is -1.91. The fraction of sp³-hybridized carbons (Fsp3) is 0. The molecule has 4 nitrogen and oxygen atoms in total. The lowest BCUT2D eigenvalue weighted by atomic mass is 10.1. The number of nitrogen functional groups attached to an aromatic ring is 1. The Morgan fingerprint density at radius 3 is 2.62 bits per heavy atom. The number of aromatic hydroxyl groups is 1. The summed E-state index contributed by atoms with van der Waals surface area (Å²) in [6.07, 6.45) is 0. The van der Waals surface area contributed by atoms with Gasteiger partial charge in [0.2, 0.25) is 5.88 Å². The Morgan fingerprint density at radius 1 is 1.38 bits per heavy atom. The second-order valence-corrected chi connectivity index (χ2v) is 3.85. The number of halogens is 3. The molecule has 2 rings (SSSR count). The van der Waals surface area contributed by atoms with Gasteiger partial charge in [-0.2, -0.15) is 0 Å². The fourth-order valence-electron chi connectivity index (χ4n) is 1.23. The molecule has 0 aliphatic heterocycles. The Morgan fingerprint density at radius 2 is 2.06 bits per heavy atom. The zero-order chi connectivity index (χ0) is 11.9. The number of hydrogen-bond donors (Lipinski definition) is 2. The molecule has 7 heteroatoms. The Labute approximate surface area is 96.8 Å². The first kappa shape index (κ1) is 10.9. The standard InChI is InChI=1S/C9H5BrF2N2O2/c10-3-1-4(11)9(15)7(8(3)12)5-2-6(13)16-14-5/h1-2,15H,13H2. The van der Waals surface area contributed by atoms with Gasteiger partial charge in [-0.1, -0.05) is 5.16 Å². The molecule has 3 N–H and O–H groups in total. The number of aromatic nitrogens is 1. The fourth-order valence-corrected chi connectivity index (χ4v) is 1.63. The summed E-state index contributed by atoms with van der Waals surface area (Å²) in [5.41, 5.74) is 4.78. The van der Waals surface area contributed by atoms with E-state index in [1.54, 1.807) is 0 Å². The summed E-state index contributed by atoms with van der Waals surface area (Å²) in [6.45, 7) is 0. The van der Waals surface area contributed by atoms with E-state index in [9.17, 15) is 13.9 Å². The molecular weight excluding hydrogens is 286 g/mol. The average molecular weight is 291 g/mol. The molecule has 0 saturated heterocycles. The van der Waals surface area contributed by atoms with Crippen molar-refractivity contribution in [2.75, 3.05) is 5.73 Å². The minimum atomic E-state index is -0.968. The molecular formula is C9H5BrF2N2O2. The van der Waals surface area contributed by atoms with E-state index in [0.29, 0.717) is 0 Å². The highest BCUT2D eigenvalue weighted by molar-refractivity contribution is 9.10. The average Bonchev–Trinajstić information content (AvgIpc) is 2.62. The molecule has 0 radical (unpaired) electrons. The molecule has 2 aromatic rings. The SMILES string of the molecule is Nc1cc(-c2c(O)c(F)cc(Br)c2F)no1. The number of phenols is 1. The molecule has 1 heterocycles. The van der Waals surface area contributed by atoms with Crippen LogP contribution < -0.4 is 5.73 Å². The smallest absolute Gasteiger partial charge is 0.222 e. The van der Waals surface area contributed by atoms with Crippen LogP contribution in [0.5, 0.6) is 5.75 Å². The Balaban J connectivity index is 2.73. The first-order valence-electron chi connectivity index (χ1n) is 4.09. The highest BCUT2D eigenvalue weighted by Gasteiger charge is 2.21. The minimum Gasteiger partial charge on any atom is -0.504 e. The molecule has 0 aliphatic carbocycles. The highest BCUT2D eigenvalue weighted by atomic mass is 79.9. The molecule has 0 spiro atoms. The number of nitrogens with zero attached hydrogens (tertiary/aromatic N) is 1. The van der Waals surface area contributed by atoms with E-state index < -0.39 is 22.9 Å². The predicted molar refractivity (Wildman–Crippen MR) is 55.6 cm³/mol. The topological polar surface area (TPSA) is 72.3 Å². The summed E-state index contributed by atoms with van der Waals surface area (Å²) >= 11 is 2.82. The Kier molecular flexibility index (Phi) is 2.55. The van der Waals surface area contributed by atoms with Crippen LogP contribution in [-0.4, -0.2) is 10.3 Å². The molecule has 16 heavy (non-hydrogen) atoms. The van der Waals surface area contributed by atoms with Gasteiger partial charge in [0.25, 0.3) is 0 Å². The van der Waals surface area contributed by atoms with Gasteiger partial charge in [-0.05, 0) is 22.0 Å². The third-order valence-corrected chi connectivity index (χ3v) is 2.51. The molecule has 84 valence electrons. The van der Waals surface area contributed by atoms with Crippen LogP contribution in [0, 0.1) is 11.6 Å². The maximum atomic E-state index is 13.6. The van der Waals surface area contributed by atoms with E-state index in [1.807, 2.05) is 0 Å². The van der Waals surface area contributed by atoms with Crippen molar-refractivity contribution in [2.45, 2.75) is 0 Å². The number of phenolic OH excluding ortho intramolecular Hbond substituents is 1. The molecule has 0 atom stereocenters. The molecule has 1 aromatic carbocycles. The van der Waals surface area contributed by atoms with Crippen molar-refractivity contribution in [1.29, 1.82) is 0 Å². The molecule has 1 aromatic heterocycles. The molecule has 0 amide bonds. The Hall–Kier alpha value is -1.63. The third-order valence-electron chi connectivity index (χ3n) is 1.93. The van der Waals surface area contributed by atoms with E-state index in [4.69, 9.17) is 5.73 Å². The van der Waals surface area contributed by atoms with E-state index >= 15 is 0 Å². The minimum absolute atomic E-state index is 0.0609. The van der Waals surface area contributed by atoms with E-state index in [1.165, 1.54) is 6.07 Å². The molecule has 0 aliphatic rings. The van der Waals surface area contributed by atoms with Crippen molar-refractivity contribution in [3.63, 3.8) is 0 Å². The van der Waals surface area contributed by atoms with Crippen LogP contribution in [0.4, 0.5) is 14.7 Å². The number of nitrogens with two attached hydrogens (primary N) is 1. The quantitative estimate of drug-likeness (QED) is 0.792. The molecule has 0 unspecified atom stereocenters.